The maximum Gasteiger partial charge on any atom is 0.155 e. The molecule has 0 unspecified atom stereocenters. The predicted molar refractivity (Wildman–Crippen MR) is 200 cm³/mol. The van der Waals surface area contributed by atoms with Crippen LogP contribution in [0.5, 0.6) is 0 Å². The van der Waals surface area contributed by atoms with Crippen LogP contribution in [-0.2, 0) is 12.0 Å². The van der Waals surface area contributed by atoms with Crippen LogP contribution in [0, 0.1) is 0 Å². The lowest BCUT2D eigenvalue weighted by Crippen LogP contribution is -2.30. The molecule has 0 bridgehead atoms. The summed E-state index contributed by atoms with van der Waals surface area (Å²) in [6.45, 7) is 4.64. The van der Waals surface area contributed by atoms with Crippen LogP contribution in [-0.4, -0.2) is 11.5 Å². The second kappa shape index (κ2) is 14.0. The van der Waals surface area contributed by atoms with Gasteiger partial charge in [0, 0.05) is 16.5 Å². The van der Waals surface area contributed by atoms with Crippen molar-refractivity contribution < 1.29 is 0 Å². The molecule has 47 heavy (non-hydrogen) atoms. The normalized spacial score (nSPS) is 15.0. The van der Waals surface area contributed by atoms with Crippen molar-refractivity contribution in [2.45, 2.75) is 44.1 Å². The second-order valence-electron chi connectivity index (χ2n) is 12.5. The van der Waals surface area contributed by atoms with Gasteiger partial charge in [0.2, 0.25) is 0 Å². The van der Waals surface area contributed by atoms with E-state index >= 15 is 0 Å². The quantitative estimate of drug-likeness (QED) is 0.121. The van der Waals surface area contributed by atoms with E-state index in [0.29, 0.717) is 6.54 Å². The van der Waals surface area contributed by atoms with E-state index in [2.05, 4.69) is 134 Å². The minimum Gasteiger partial charge on any atom is -0.261 e. The third-order valence-electron chi connectivity index (χ3n) is 9.68. The largest absolute Gasteiger partial charge is 0.261 e. The Morgan fingerprint density at radius 2 is 1.21 bits per heavy atom. The monoisotopic (exact) mass is 608 g/mol. The average molecular weight is 609 g/mol. The fraction of sp³-hybridized carbons (Fsp3) is 0.156. The third kappa shape index (κ3) is 6.50. The van der Waals surface area contributed by atoms with E-state index in [-0.39, 0.29) is 5.41 Å². The molecule has 0 saturated heterocycles. The molecular weight excluding hydrogens is 569 g/mol. The summed E-state index contributed by atoms with van der Waals surface area (Å²) >= 11 is 0. The minimum atomic E-state index is -0.00497. The lowest BCUT2D eigenvalue weighted by Gasteiger charge is -2.39. The SMILES string of the molecule is C=CC(=NC(=NCc1ccccc1)c1ccc(C2(c3ccc(-c4cccc5ccccc45)cc3)CCCCC2)cc1)c1ccccc1. The van der Waals surface area contributed by atoms with Crippen LogP contribution >= 0.6 is 0 Å². The van der Waals surface area contributed by atoms with Crippen LogP contribution < -0.4 is 0 Å². The van der Waals surface area contributed by atoms with Crippen molar-refractivity contribution in [2.75, 3.05) is 0 Å². The van der Waals surface area contributed by atoms with Gasteiger partial charge in [0.05, 0.1) is 12.3 Å². The molecule has 2 heteroatoms. The number of fused-ring (bicyclic) bond motifs is 1. The number of benzene rings is 6. The molecular formula is C45H40N2. The first-order valence-corrected chi connectivity index (χ1v) is 16.8. The molecule has 1 aliphatic rings. The maximum absolute atomic E-state index is 5.08. The van der Waals surface area contributed by atoms with Crippen molar-refractivity contribution >= 4 is 22.3 Å². The van der Waals surface area contributed by atoms with E-state index in [0.717, 1.165) is 41.1 Å². The molecule has 230 valence electrons. The Hall–Kier alpha value is -5.34. The third-order valence-corrected chi connectivity index (χ3v) is 9.68. The van der Waals surface area contributed by atoms with Crippen LogP contribution in [0.3, 0.4) is 0 Å². The van der Waals surface area contributed by atoms with Gasteiger partial charge in [-0.1, -0.05) is 178 Å². The zero-order valence-electron chi connectivity index (χ0n) is 26.9. The topological polar surface area (TPSA) is 24.7 Å². The molecule has 0 atom stereocenters. The molecule has 6 aromatic carbocycles. The average Bonchev–Trinajstić information content (AvgIpc) is 3.16. The summed E-state index contributed by atoms with van der Waals surface area (Å²) in [6, 6.07) is 54.3. The van der Waals surface area contributed by atoms with Gasteiger partial charge in [0.1, 0.15) is 0 Å². The molecule has 0 radical (unpaired) electrons. The molecule has 0 aromatic heterocycles. The molecule has 1 saturated carbocycles. The second-order valence-corrected chi connectivity index (χ2v) is 12.5. The number of allylic oxidation sites excluding steroid dienone is 1. The molecule has 0 amide bonds. The zero-order chi connectivity index (χ0) is 31.9. The van der Waals surface area contributed by atoms with Gasteiger partial charge in [0.25, 0.3) is 0 Å². The van der Waals surface area contributed by atoms with Gasteiger partial charge in [0.15, 0.2) is 5.84 Å². The van der Waals surface area contributed by atoms with E-state index in [1.165, 1.54) is 52.3 Å². The molecule has 0 heterocycles. The first-order valence-electron chi connectivity index (χ1n) is 16.8. The molecule has 0 aliphatic heterocycles. The van der Waals surface area contributed by atoms with Crippen molar-refractivity contribution in [3.63, 3.8) is 0 Å². The van der Waals surface area contributed by atoms with E-state index in [1.807, 2.05) is 30.3 Å². The number of hydrogen-bond donors (Lipinski definition) is 0. The first-order chi connectivity index (χ1) is 23.2. The summed E-state index contributed by atoms with van der Waals surface area (Å²) in [5, 5.41) is 2.57. The Bertz CT molecular complexity index is 2010. The highest BCUT2D eigenvalue weighted by atomic mass is 14.9. The minimum absolute atomic E-state index is 0.00497. The summed E-state index contributed by atoms with van der Waals surface area (Å²) < 4.78 is 0. The summed E-state index contributed by atoms with van der Waals surface area (Å²) in [7, 11) is 0. The summed E-state index contributed by atoms with van der Waals surface area (Å²) in [5.41, 5.74) is 9.34. The van der Waals surface area contributed by atoms with Crippen molar-refractivity contribution in [2.24, 2.45) is 9.98 Å². The molecule has 1 aliphatic carbocycles. The standard InChI is InChI=1S/C45H40N2/c1-2-43(37-18-8-4-9-19-37)47-44(46-33-34-15-6-3-7-16-34)38-25-29-40(30-26-38)45(31-12-5-13-32-45)39-27-23-36(24-28-39)42-22-14-20-35-17-10-11-21-41(35)42/h2-4,6-11,14-30H,1,5,12-13,31-33H2. The van der Waals surface area contributed by atoms with Crippen molar-refractivity contribution in [3.8, 4) is 11.1 Å². The number of nitrogens with zero attached hydrogens (tertiary/aromatic N) is 2. The molecule has 6 aromatic rings. The van der Waals surface area contributed by atoms with Crippen molar-refractivity contribution in [3.05, 3.63) is 192 Å². The van der Waals surface area contributed by atoms with Gasteiger partial charge in [-0.05, 0) is 57.5 Å². The smallest absolute Gasteiger partial charge is 0.155 e. The Balaban J connectivity index is 1.24. The molecule has 0 N–H and O–H groups in total. The van der Waals surface area contributed by atoms with E-state index in [4.69, 9.17) is 9.98 Å². The molecule has 1 fully saturated rings. The molecule has 2 nitrogen and oxygen atoms in total. The Labute approximate surface area is 278 Å². The fourth-order valence-corrected chi connectivity index (χ4v) is 7.18. The highest BCUT2D eigenvalue weighted by Crippen LogP contribution is 2.45. The van der Waals surface area contributed by atoms with Gasteiger partial charge >= 0.3 is 0 Å². The van der Waals surface area contributed by atoms with Gasteiger partial charge in [-0.3, -0.25) is 4.99 Å². The highest BCUT2D eigenvalue weighted by molar-refractivity contribution is 6.16. The number of rotatable bonds is 8. The highest BCUT2D eigenvalue weighted by Gasteiger charge is 2.35. The number of amidine groups is 1. The summed E-state index contributed by atoms with van der Waals surface area (Å²) in [5.74, 6) is 0.719. The van der Waals surface area contributed by atoms with Crippen LogP contribution in [0.25, 0.3) is 21.9 Å². The Morgan fingerprint density at radius 3 is 1.91 bits per heavy atom. The maximum atomic E-state index is 5.08. The van der Waals surface area contributed by atoms with E-state index < -0.39 is 0 Å². The number of aliphatic imine (C=N–C) groups is 2. The van der Waals surface area contributed by atoms with Crippen molar-refractivity contribution in [1.82, 2.24) is 0 Å². The van der Waals surface area contributed by atoms with Gasteiger partial charge in [-0.15, -0.1) is 0 Å². The summed E-state index contributed by atoms with van der Waals surface area (Å²) in [6.07, 6.45) is 7.90. The Morgan fingerprint density at radius 1 is 0.596 bits per heavy atom. The van der Waals surface area contributed by atoms with Gasteiger partial charge in [-0.25, -0.2) is 4.99 Å². The fourth-order valence-electron chi connectivity index (χ4n) is 7.18. The lowest BCUT2D eigenvalue weighted by molar-refractivity contribution is 0.346. The van der Waals surface area contributed by atoms with Gasteiger partial charge < -0.3 is 0 Å². The van der Waals surface area contributed by atoms with Gasteiger partial charge in [-0.2, -0.15) is 0 Å². The first kappa shape index (κ1) is 30.3. The Kier molecular flexibility index (Phi) is 9.01. The molecule has 7 rings (SSSR count). The van der Waals surface area contributed by atoms with Crippen molar-refractivity contribution in [1.29, 1.82) is 0 Å². The van der Waals surface area contributed by atoms with Crippen LogP contribution in [0.4, 0.5) is 0 Å². The predicted octanol–water partition coefficient (Wildman–Crippen LogP) is 11.4. The number of hydrogen-bond acceptors (Lipinski definition) is 1. The van der Waals surface area contributed by atoms with Crippen LogP contribution in [0.1, 0.15) is 59.9 Å². The van der Waals surface area contributed by atoms with Crippen LogP contribution in [0.15, 0.2) is 174 Å². The molecule has 0 spiro atoms. The lowest BCUT2D eigenvalue weighted by atomic mass is 9.65. The van der Waals surface area contributed by atoms with Crippen LogP contribution in [0.2, 0.25) is 0 Å². The zero-order valence-corrected chi connectivity index (χ0v) is 26.9. The van der Waals surface area contributed by atoms with E-state index in [9.17, 15) is 0 Å². The summed E-state index contributed by atoms with van der Waals surface area (Å²) in [4.78, 5) is 10.1. The van der Waals surface area contributed by atoms with E-state index in [1.54, 1.807) is 0 Å².